The third-order valence-electron chi connectivity index (χ3n) is 3.51. The summed E-state index contributed by atoms with van der Waals surface area (Å²) >= 11 is 6.11. The predicted molar refractivity (Wildman–Crippen MR) is 96.4 cm³/mol. The fourth-order valence-electron chi connectivity index (χ4n) is 2.42. The summed E-state index contributed by atoms with van der Waals surface area (Å²) in [6.07, 6.45) is 0. The van der Waals surface area contributed by atoms with Crippen LogP contribution in [0.3, 0.4) is 0 Å². The molecule has 1 amide bonds. The quantitative estimate of drug-likeness (QED) is 0.517. The van der Waals surface area contributed by atoms with Crippen molar-refractivity contribution in [3.8, 4) is 11.5 Å². The highest BCUT2D eigenvalue weighted by molar-refractivity contribution is 6.32. The van der Waals surface area contributed by atoms with E-state index in [0.717, 1.165) is 16.8 Å². The van der Waals surface area contributed by atoms with Gasteiger partial charge in [0.25, 0.3) is 5.69 Å². The molecule has 0 fully saturated rings. The van der Waals surface area contributed by atoms with E-state index in [0.29, 0.717) is 5.75 Å². The van der Waals surface area contributed by atoms with Gasteiger partial charge in [-0.25, -0.2) is 0 Å². The van der Waals surface area contributed by atoms with Gasteiger partial charge in [0, 0.05) is 19.1 Å². The van der Waals surface area contributed by atoms with Gasteiger partial charge in [0.1, 0.15) is 17.2 Å². The fraction of sp³-hybridized carbons (Fsp3) is 0.0556. The van der Waals surface area contributed by atoms with Crippen LogP contribution < -0.4 is 10.1 Å². The minimum atomic E-state index is -0.614. The van der Waals surface area contributed by atoms with Crippen molar-refractivity contribution in [2.75, 3.05) is 5.32 Å². The standard InChI is InChI=1S/C18H13ClN2O4/c1-11(22)20-16-10-18(15(19)9-17(16)21(23)24)25-14-7-6-12-4-2-3-5-13(12)8-14/h2-10H,1H3,(H,20,22). The molecule has 0 aliphatic carbocycles. The number of carbonyl (C=O) groups excluding carboxylic acids is 1. The number of fused-ring (bicyclic) bond motifs is 1. The average molecular weight is 357 g/mol. The first-order valence-electron chi connectivity index (χ1n) is 7.36. The van der Waals surface area contributed by atoms with Gasteiger partial charge in [-0.2, -0.15) is 0 Å². The number of ether oxygens (including phenoxy) is 1. The number of nitrogens with zero attached hydrogens (tertiary/aromatic N) is 1. The normalized spacial score (nSPS) is 10.5. The molecule has 126 valence electrons. The largest absolute Gasteiger partial charge is 0.456 e. The van der Waals surface area contributed by atoms with Crippen molar-refractivity contribution in [1.29, 1.82) is 0 Å². The molecule has 3 aromatic carbocycles. The molecule has 0 bridgehead atoms. The Morgan fingerprint density at radius 1 is 1.12 bits per heavy atom. The number of halogens is 1. The second-order valence-electron chi connectivity index (χ2n) is 5.35. The molecule has 0 aromatic heterocycles. The van der Waals surface area contributed by atoms with Crippen molar-refractivity contribution >= 4 is 39.7 Å². The van der Waals surface area contributed by atoms with Gasteiger partial charge < -0.3 is 10.1 Å². The zero-order valence-electron chi connectivity index (χ0n) is 13.2. The first kappa shape index (κ1) is 16.7. The molecular weight excluding hydrogens is 344 g/mol. The molecule has 25 heavy (non-hydrogen) atoms. The Labute approximate surface area is 148 Å². The second-order valence-corrected chi connectivity index (χ2v) is 5.76. The zero-order valence-corrected chi connectivity index (χ0v) is 13.9. The van der Waals surface area contributed by atoms with Gasteiger partial charge in [0.05, 0.1) is 9.95 Å². The highest BCUT2D eigenvalue weighted by Gasteiger charge is 2.19. The van der Waals surface area contributed by atoms with Crippen LogP contribution in [0, 0.1) is 10.1 Å². The van der Waals surface area contributed by atoms with Gasteiger partial charge in [-0.3, -0.25) is 14.9 Å². The number of carbonyl (C=O) groups is 1. The highest BCUT2D eigenvalue weighted by Crippen LogP contribution is 2.38. The van der Waals surface area contributed by atoms with Crippen LogP contribution in [-0.4, -0.2) is 10.8 Å². The first-order valence-corrected chi connectivity index (χ1v) is 7.74. The Hall–Kier alpha value is -3.12. The molecule has 0 saturated carbocycles. The summed E-state index contributed by atoms with van der Waals surface area (Å²) < 4.78 is 5.77. The Bertz CT molecular complexity index is 988. The lowest BCUT2D eigenvalue weighted by molar-refractivity contribution is -0.383. The highest BCUT2D eigenvalue weighted by atomic mass is 35.5. The number of amides is 1. The van der Waals surface area contributed by atoms with E-state index in [9.17, 15) is 14.9 Å². The molecule has 7 heteroatoms. The summed E-state index contributed by atoms with van der Waals surface area (Å²) in [5.74, 6) is 0.316. The molecule has 0 saturated heterocycles. The van der Waals surface area contributed by atoms with Crippen LogP contribution in [0.15, 0.2) is 54.6 Å². The molecule has 3 rings (SSSR count). The van der Waals surface area contributed by atoms with E-state index < -0.39 is 10.8 Å². The van der Waals surface area contributed by atoms with Crippen LogP contribution in [-0.2, 0) is 4.79 Å². The molecule has 0 heterocycles. The van der Waals surface area contributed by atoms with Crippen LogP contribution in [0.1, 0.15) is 6.92 Å². The van der Waals surface area contributed by atoms with Crippen molar-refractivity contribution in [1.82, 2.24) is 0 Å². The maximum Gasteiger partial charge on any atom is 0.294 e. The summed E-state index contributed by atoms with van der Waals surface area (Å²) in [7, 11) is 0. The summed E-state index contributed by atoms with van der Waals surface area (Å²) in [5, 5.41) is 15.7. The lowest BCUT2D eigenvalue weighted by Gasteiger charge is -2.11. The first-order chi connectivity index (χ1) is 11.9. The maximum atomic E-state index is 11.3. The maximum absolute atomic E-state index is 11.3. The second kappa shape index (κ2) is 6.78. The van der Waals surface area contributed by atoms with E-state index in [1.165, 1.54) is 13.0 Å². The molecule has 6 nitrogen and oxygen atoms in total. The molecule has 3 aromatic rings. The lowest BCUT2D eigenvalue weighted by Crippen LogP contribution is -2.08. The number of hydrogen-bond donors (Lipinski definition) is 1. The van der Waals surface area contributed by atoms with Crippen LogP contribution in [0.4, 0.5) is 11.4 Å². The van der Waals surface area contributed by atoms with Crippen molar-refractivity contribution in [3.63, 3.8) is 0 Å². The minimum absolute atomic E-state index is 0.0256. The lowest BCUT2D eigenvalue weighted by atomic mass is 10.1. The minimum Gasteiger partial charge on any atom is -0.456 e. The number of nitro benzene ring substituents is 1. The number of nitrogens with one attached hydrogen (secondary N) is 1. The fourth-order valence-corrected chi connectivity index (χ4v) is 2.62. The van der Waals surface area contributed by atoms with Gasteiger partial charge in [0.2, 0.25) is 5.91 Å². The third kappa shape index (κ3) is 3.70. The Morgan fingerprint density at radius 3 is 2.52 bits per heavy atom. The zero-order chi connectivity index (χ0) is 18.0. The summed E-state index contributed by atoms with van der Waals surface area (Å²) in [6, 6.07) is 15.8. The number of hydrogen-bond acceptors (Lipinski definition) is 4. The summed E-state index contributed by atoms with van der Waals surface area (Å²) in [4.78, 5) is 21.8. The van der Waals surface area contributed by atoms with Gasteiger partial charge in [-0.05, 0) is 22.9 Å². The molecule has 0 spiro atoms. The van der Waals surface area contributed by atoms with Crippen LogP contribution in [0.25, 0.3) is 10.8 Å². The number of benzene rings is 3. The van der Waals surface area contributed by atoms with Gasteiger partial charge in [-0.15, -0.1) is 0 Å². The van der Waals surface area contributed by atoms with Crippen LogP contribution in [0.5, 0.6) is 11.5 Å². The molecule has 0 aliphatic heterocycles. The molecule has 0 radical (unpaired) electrons. The smallest absolute Gasteiger partial charge is 0.294 e. The van der Waals surface area contributed by atoms with Crippen molar-refractivity contribution in [2.24, 2.45) is 0 Å². The molecule has 0 atom stereocenters. The van der Waals surface area contributed by atoms with E-state index in [2.05, 4.69) is 5.32 Å². The van der Waals surface area contributed by atoms with Crippen LogP contribution in [0.2, 0.25) is 5.02 Å². The van der Waals surface area contributed by atoms with E-state index in [-0.39, 0.29) is 22.1 Å². The van der Waals surface area contributed by atoms with Gasteiger partial charge in [-0.1, -0.05) is 41.9 Å². The number of anilines is 1. The van der Waals surface area contributed by atoms with E-state index in [1.807, 2.05) is 36.4 Å². The molecular formula is C18H13ClN2O4. The molecule has 0 unspecified atom stereocenters. The van der Waals surface area contributed by atoms with Crippen molar-refractivity contribution in [3.05, 3.63) is 69.7 Å². The Kier molecular flexibility index (Phi) is 4.54. The Morgan fingerprint density at radius 2 is 1.84 bits per heavy atom. The van der Waals surface area contributed by atoms with Gasteiger partial charge in [0.15, 0.2) is 0 Å². The number of rotatable bonds is 4. The summed E-state index contributed by atoms with van der Waals surface area (Å²) in [5.41, 5.74) is -0.274. The Balaban J connectivity index is 2.00. The molecule has 1 N–H and O–H groups in total. The van der Waals surface area contributed by atoms with E-state index >= 15 is 0 Å². The van der Waals surface area contributed by atoms with E-state index in [1.54, 1.807) is 6.07 Å². The van der Waals surface area contributed by atoms with E-state index in [4.69, 9.17) is 16.3 Å². The monoisotopic (exact) mass is 356 g/mol. The third-order valence-corrected chi connectivity index (χ3v) is 3.80. The SMILES string of the molecule is CC(=O)Nc1cc(Oc2ccc3ccccc3c2)c(Cl)cc1[N+](=O)[O-]. The average Bonchev–Trinajstić information content (AvgIpc) is 2.56. The van der Waals surface area contributed by atoms with Crippen molar-refractivity contribution < 1.29 is 14.5 Å². The molecule has 0 aliphatic rings. The van der Waals surface area contributed by atoms with Gasteiger partial charge >= 0.3 is 0 Å². The van der Waals surface area contributed by atoms with Crippen molar-refractivity contribution in [2.45, 2.75) is 6.92 Å². The summed E-state index contributed by atoms with van der Waals surface area (Å²) in [6.45, 7) is 1.27. The van der Waals surface area contributed by atoms with Crippen LogP contribution >= 0.6 is 11.6 Å². The topological polar surface area (TPSA) is 81.5 Å². The predicted octanol–water partition coefficient (Wildman–Crippen LogP) is 5.15. The number of nitro groups is 1.